The molecule has 2 aromatic heterocycles. The van der Waals surface area contributed by atoms with Crippen molar-refractivity contribution >= 4 is 52.3 Å². The van der Waals surface area contributed by atoms with E-state index in [0.717, 1.165) is 34.9 Å². The zero-order valence-corrected chi connectivity index (χ0v) is 29.3. The number of para-hydroxylation sites is 1. The smallest absolute Gasteiger partial charge is 0.269 e. The van der Waals surface area contributed by atoms with Crippen LogP contribution in [0.3, 0.4) is 0 Å². The summed E-state index contributed by atoms with van der Waals surface area (Å²) < 4.78 is 12.1. The first-order valence-electron chi connectivity index (χ1n) is 16.0. The molecule has 3 heterocycles. The van der Waals surface area contributed by atoms with Crippen molar-refractivity contribution in [1.82, 2.24) is 4.57 Å². The minimum Gasteiger partial charge on any atom is -0.494 e. The highest BCUT2D eigenvalue weighted by Gasteiger charge is 2.28. The van der Waals surface area contributed by atoms with Crippen molar-refractivity contribution in [1.29, 1.82) is 0 Å². The summed E-state index contributed by atoms with van der Waals surface area (Å²) in [6.07, 6.45) is 7.19. The maximum atomic E-state index is 13.9. The number of allylic oxidation sites excluding steroid dienone is 1. The number of rotatable bonds is 11. The lowest BCUT2D eigenvalue weighted by Crippen LogP contribution is -2.37. The monoisotopic (exact) mass is 666 g/mol. The second-order valence-corrected chi connectivity index (χ2v) is 14.2. The molecule has 0 saturated carbocycles. The van der Waals surface area contributed by atoms with E-state index in [1.165, 1.54) is 32.3 Å². The number of thioether (sulfide) groups is 1. The molecule has 0 bridgehead atoms. The zero-order valence-electron chi connectivity index (χ0n) is 26.8. The maximum Gasteiger partial charge on any atom is 0.269 e. The summed E-state index contributed by atoms with van der Waals surface area (Å²) >= 11 is 5.15. The molecule has 0 aliphatic carbocycles. The van der Waals surface area contributed by atoms with Gasteiger partial charge in [0.15, 0.2) is 0 Å². The molecule has 5 aromatic rings. The molecule has 6 rings (SSSR count). The molecule has 0 saturated heterocycles. The van der Waals surface area contributed by atoms with E-state index in [9.17, 15) is 4.79 Å². The Kier molecular flexibility index (Phi) is 10.3. The lowest BCUT2D eigenvalue weighted by Gasteiger charge is -2.23. The predicted octanol–water partition coefficient (Wildman–Crippen LogP) is 7.51. The Hall–Kier alpha value is -3.85. The Balaban J connectivity index is 1.49. The lowest BCUT2D eigenvalue weighted by molar-refractivity contribution is -0.679. The van der Waals surface area contributed by atoms with Crippen LogP contribution < -0.4 is 24.2 Å². The molecular formula is C38H40N3O2S3+. The van der Waals surface area contributed by atoms with Crippen LogP contribution in [0.1, 0.15) is 39.1 Å². The largest absolute Gasteiger partial charge is 0.494 e. The van der Waals surface area contributed by atoms with Crippen molar-refractivity contribution in [3.05, 3.63) is 121 Å². The van der Waals surface area contributed by atoms with Gasteiger partial charge in [0.25, 0.3) is 10.6 Å². The highest BCUT2D eigenvalue weighted by atomic mass is 32.2. The van der Waals surface area contributed by atoms with Crippen molar-refractivity contribution in [3.63, 3.8) is 0 Å². The number of ether oxygens (including phenoxy) is 1. The first-order valence-corrected chi connectivity index (χ1v) is 18.5. The van der Waals surface area contributed by atoms with Crippen LogP contribution in [-0.4, -0.2) is 23.1 Å². The van der Waals surface area contributed by atoms with Crippen LogP contribution in [0.5, 0.6) is 0 Å². The van der Waals surface area contributed by atoms with Gasteiger partial charge in [0.05, 0.1) is 22.9 Å². The molecule has 0 unspecified atom stereocenters. The molecule has 0 N–H and O–H groups in total. The average Bonchev–Trinajstić information content (AvgIpc) is 3.73. The molecule has 8 heteroatoms. The fourth-order valence-electron chi connectivity index (χ4n) is 5.89. The minimum absolute atomic E-state index is 0.0320. The standard InChI is InChI=1S/C38H40N3O2S3/c1-5-23-41-35(26-34-40(7-3)36(27-17-11-9-12-18-27)37(46-34)28-19-13-10-14-20-28)45-32(38(41)42)24-29(43-8-4)25-33-39(6-2)30-21-15-16-22-31(30)44-33/h9-22,24-26,33H,5-8,23H2,1-4H3/q+1/b29-25-,32-24-/t33-/m1/s1. The number of benzene rings is 3. The van der Waals surface area contributed by atoms with E-state index in [2.05, 4.69) is 127 Å². The van der Waals surface area contributed by atoms with E-state index in [1.807, 2.05) is 29.3 Å². The van der Waals surface area contributed by atoms with Crippen LogP contribution in [0.4, 0.5) is 5.69 Å². The summed E-state index contributed by atoms with van der Waals surface area (Å²) in [5, 5.41) is 1.23. The fraction of sp³-hybridized carbons (Fsp3) is 0.263. The summed E-state index contributed by atoms with van der Waals surface area (Å²) in [6, 6.07) is 29.7. The van der Waals surface area contributed by atoms with E-state index >= 15 is 0 Å². The Morgan fingerprint density at radius 1 is 0.891 bits per heavy atom. The van der Waals surface area contributed by atoms with Crippen LogP contribution in [0.15, 0.2) is 106 Å². The number of likely N-dealkylation sites (N-methyl/N-ethyl adjacent to an activating group) is 1. The summed E-state index contributed by atoms with van der Waals surface area (Å²) in [7, 11) is 0. The molecule has 236 valence electrons. The molecule has 1 aliphatic heterocycles. The highest BCUT2D eigenvalue weighted by Crippen LogP contribution is 2.44. The normalized spacial score (nSPS) is 15.5. The number of nitrogens with zero attached hydrogens (tertiary/aromatic N) is 3. The van der Waals surface area contributed by atoms with Crippen molar-refractivity contribution in [2.24, 2.45) is 0 Å². The molecule has 1 atom stereocenters. The number of anilines is 1. The fourth-order valence-corrected chi connectivity index (χ4v) is 9.62. The van der Waals surface area contributed by atoms with Gasteiger partial charge in [-0.1, -0.05) is 90.7 Å². The van der Waals surface area contributed by atoms with Crippen LogP contribution in [-0.2, 0) is 17.8 Å². The molecule has 0 radical (unpaired) electrons. The summed E-state index contributed by atoms with van der Waals surface area (Å²) in [5.74, 6) is 0.734. The van der Waals surface area contributed by atoms with Gasteiger partial charge in [0.2, 0.25) is 5.69 Å². The number of hydrogen-bond acceptors (Lipinski definition) is 6. The Labute approximate surface area is 283 Å². The zero-order chi connectivity index (χ0) is 32.0. The van der Waals surface area contributed by atoms with Gasteiger partial charge in [-0.3, -0.25) is 9.36 Å². The second-order valence-electron chi connectivity index (χ2n) is 10.9. The van der Waals surface area contributed by atoms with Gasteiger partial charge >= 0.3 is 0 Å². The van der Waals surface area contributed by atoms with Gasteiger partial charge < -0.3 is 9.64 Å². The van der Waals surface area contributed by atoms with E-state index in [0.29, 0.717) is 17.7 Å². The van der Waals surface area contributed by atoms with E-state index in [4.69, 9.17) is 4.74 Å². The molecular weight excluding hydrogens is 627 g/mol. The minimum atomic E-state index is 0.0320. The van der Waals surface area contributed by atoms with Gasteiger partial charge in [-0.15, -0.1) is 11.3 Å². The van der Waals surface area contributed by atoms with Crippen LogP contribution in [0, 0.1) is 0 Å². The average molecular weight is 667 g/mol. The molecule has 1 aliphatic rings. The van der Waals surface area contributed by atoms with Gasteiger partial charge in [0.1, 0.15) is 27.2 Å². The van der Waals surface area contributed by atoms with Crippen LogP contribution >= 0.6 is 34.4 Å². The second kappa shape index (κ2) is 14.7. The Morgan fingerprint density at radius 3 is 2.26 bits per heavy atom. The topological polar surface area (TPSA) is 38.4 Å². The highest BCUT2D eigenvalue weighted by molar-refractivity contribution is 8.00. The molecule has 46 heavy (non-hydrogen) atoms. The van der Waals surface area contributed by atoms with Crippen molar-refractivity contribution in [2.45, 2.75) is 57.5 Å². The third-order valence-corrected chi connectivity index (χ3v) is 11.4. The molecule has 0 spiro atoms. The van der Waals surface area contributed by atoms with Crippen molar-refractivity contribution < 1.29 is 9.30 Å². The van der Waals surface area contributed by atoms with E-state index in [1.54, 1.807) is 22.7 Å². The van der Waals surface area contributed by atoms with Crippen LogP contribution in [0.25, 0.3) is 33.9 Å². The Morgan fingerprint density at radius 2 is 1.59 bits per heavy atom. The molecule has 3 aromatic carbocycles. The van der Waals surface area contributed by atoms with E-state index in [-0.39, 0.29) is 10.9 Å². The number of thiazole rings is 2. The summed E-state index contributed by atoms with van der Waals surface area (Å²) in [6.45, 7) is 11.4. The lowest BCUT2D eigenvalue weighted by atomic mass is 10.1. The molecule has 0 amide bonds. The molecule has 0 fully saturated rings. The van der Waals surface area contributed by atoms with Crippen molar-refractivity contribution in [3.8, 4) is 21.7 Å². The van der Waals surface area contributed by atoms with Gasteiger partial charge in [-0.25, -0.2) is 0 Å². The number of hydrogen-bond donors (Lipinski definition) is 0. The summed E-state index contributed by atoms with van der Waals surface area (Å²) in [4.78, 5) is 18.8. The quantitative estimate of drug-likeness (QED) is 0.108. The first-order chi connectivity index (χ1) is 22.6. The third-order valence-electron chi connectivity index (χ3n) is 7.95. The van der Waals surface area contributed by atoms with E-state index < -0.39 is 0 Å². The Bertz CT molecular complexity index is 2010. The van der Waals surface area contributed by atoms with Gasteiger partial charge in [-0.2, -0.15) is 4.57 Å². The maximum absolute atomic E-state index is 13.9. The predicted molar refractivity (Wildman–Crippen MR) is 196 cm³/mol. The number of aromatic nitrogens is 2. The van der Waals surface area contributed by atoms with Crippen molar-refractivity contribution in [2.75, 3.05) is 18.1 Å². The van der Waals surface area contributed by atoms with Crippen LogP contribution in [0.2, 0.25) is 0 Å². The molecule has 5 nitrogen and oxygen atoms in total. The first kappa shape index (κ1) is 32.1. The van der Waals surface area contributed by atoms with Gasteiger partial charge in [0, 0.05) is 29.6 Å². The SMILES string of the molecule is CCCn1c(=O)/c(=C/C(=C/[C@H]2Sc3ccccc3N2CC)OCC)s/c1=C/c1sc(-c2ccccc2)c(-c2ccccc2)[n+]1CC. The third kappa shape index (κ3) is 6.52. The van der Waals surface area contributed by atoms with Gasteiger partial charge in [-0.05, 0) is 63.1 Å². The summed E-state index contributed by atoms with van der Waals surface area (Å²) in [5.41, 5.74) is 4.86. The number of fused-ring (bicyclic) bond motifs is 1.